The van der Waals surface area contributed by atoms with Crippen LogP contribution in [0, 0.1) is 0 Å². The molecular formula is C15H12Cl2O2. The highest BCUT2D eigenvalue weighted by Gasteiger charge is 2.28. The lowest BCUT2D eigenvalue weighted by molar-refractivity contribution is 0.0657. The van der Waals surface area contributed by atoms with E-state index in [0.29, 0.717) is 22.2 Å². The Morgan fingerprint density at radius 1 is 1.00 bits per heavy atom. The van der Waals surface area contributed by atoms with E-state index in [1.54, 1.807) is 18.2 Å². The molecule has 4 heteroatoms. The summed E-state index contributed by atoms with van der Waals surface area (Å²) in [6.45, 7) is 0. The van der Waals surface area contributed by atoms with Gasteiger partial charge >= 0.3 is 0 Å². The maximum absolute atomic E-state index is 10.2. The van der Waals surface area contributed by atoms with Crippen molar-refractivity contribution < 1.29 is 9.84 Å². The van der Waals surface area contributed by atoms with E-state index in [9.17, 15) is 5.11 Å². The van der Waals surface area contributed by atoms with Crippen LogP contribution in [0.5, 0.6) is 5.75 Å². The summed E-state index contributed by atoms with van der Waals surface area (Å²) in [5, 5.41) is 11.5. The summed E-state index contributed by atoms with van der Waals surface area (Å²) in [6, 6.07) is 12.8. The molecule has 1 aliphatic rings. The fraction of sp³-hybridized carbons (Fsp3) is 0.200. The van der Waals surface area contributed by atoms with Gasteiger partial charge in [0.1, 0.15) is 11.9 Å². The van der Waals surface area contributed by atoms with Gasteiger partial charge in [0.2, 0.25) is 0 Å². The molecule has 0 spiro atoms. The number of rotatable bonds is 1. The Kier molecular flexibility index (Phi) is 3.40. The minimum Gasteiger partial charge on any atom is -0.485 e. The number of aliphatic hydroxyl groups excluding tert-OH is 1. The van der Waals surface area contributed by atoms with Crippen molar-refractivity contribution in [3.63, 3.8) is 0 Å². The summed E-state index contributed by atoms with van der Waals surface area (Å²) in [5.41, 5.74) is 1.75. The van der Waals surface area contributed by atoms with Gasteiger partial charge in [-0.05, 0) is 35.9 Å². The summed E-state index contributed by atoms with van der Waals surface area (Å²) in [5.74, 6) is 0.683. The quantitative estimate of drug-likeness (QED) is 0.836. The average Bonchev–Trinajstić information content (AvgIpc) is 2.40. The number of fused-ring (bicyclic) bond motifs is 1. The molecule has 2 atom stereocenters. The zero-order chi connectivity index (χ0) is 13.4. The number of aliphatic hydroxyl groups is 1. The first-order chi connectivity index (χ1) is 9.13. The molecule has 0 bridgehead atoms. The standard InChI is InChI=1S/C15H12Cl2O2/c16-10-3-1-9(2-4-10)15-8-13(18)12-7-11(17)5-6-14(12)19-15/h1-7,13,15,18H,8H2/t13-,15+/m0/s1. The lowest BCUT2D eigenvalue weighted by Crippen LogP contribution is -2.18. The Balaban J connectivity index is 1.92. The van der Waals surface area contributed by atoms with Gasteiger partial charge in [-0.3, -0.25) is 0 Å². The lowest BCUT2D eigenvalue weighted by atomic mass is 9.95. The molecule has 0 unspecified atom stereocenters. The highest BCUT2D eigenvalue weighted by atomic mass is 35.5. The number of halogens is 2. The highest BCUT2D eigenvalue weighted by molar-refractivity contribution is 6.30. The monoisotopic (exact) mass is 294 g/mol. The van der Waals surface area contributed by atoms with Crippen LogP contribution < -0.4 is 4.74 Å². The first-order valence-corrected chi connectivity index (χ1v) is 6.79. The van der Waals surface area contributed by atoms with Crippen LogP contribution in [0.25, 0.3) is 0 Å². The van der Waals surface area contributed by atoms with Crippen LogP contribution in [0.1, 0.15) is 29.8 Å². The van der Waals surface area contributed by atoms with E-state index >= 15 is 0 Å². The number of benzene rings is 2. The van der Waals surface area contributed by atoms with Crippen molar-refractivity contribution in [3.05, 3.63) is 63.6 Å². The topological polar surface area (TPSA) is 29.5 Å². The lowest BCUT2D eigenvalue weighted by Gasteiger charge is -2.30. The second-order valence-electron chi connectivity index (χ2n) is 4.59. The third kappa shape index (κ3) is 2.57. The van der Waals surface area contributed by atoms with Gasteiger partial charge in [-0.1, -0.05) is 35.3 Å². The van der Waals surface area contributed by atoms with Gasteiger partial charge < -0.3 is 9.84 Å². The highest BCUT2D eigenvalue weighted by Crippen LogP contribution is 2.41. The van der Waals surface area contributed by atoms with Gasteiger partial charge in [0, 0.05) is 22.0 Å². The third-order valence-corrected chi connectivity index (χ3v) is 3.77. The molecule has 3 rings (SSSR count). The van der Waals surface area contributed by atoms with E-state index in [1.165, 1.54) is 0 Å². The molecule has 1 aliphatic heterocycles. The Morgan fingerprint density at radius 2 is 1.68 bits per heavy atom. The van der Waals surface area contributed by atoms with Crippen LogP contribution in [0.2, 0.25) is 10.0 Å². The van der Waals surface area contributed by atoms with Crippen LogP contribution in [0.4, 0.5) is 0 Å². The molecule has 0 amide bonds. The number of hydrogen-bond acceptors (Lipinski definition) is 2. The maximum Gasteiger partial charge on any atom is 0.127 e. The van der Waals surface area contributed by atoms with Crippen molar-refractivity contribution in [2.75, 3.05) is 0 Å². The molecule has 2 aromatic rings. The Morgan fingerprint density at radius 3 is 2.42 bits per heavy atom. The summed E-state index contributed by atoms with van der Waals surface area (Å²) in [6.07, 6.45) is -0.223. The average molecular weight is 295 g/mol. The van der Waals surface area contributed by atoms with Crippen LogP contribution in [0.15, 0.2) is 42.5 Å². The van der Waals surface area contributed by atoms with Crippen LogP contribution in [-0.4, -0.2) is 5.11 Å². The molecule has 0 aliphatic carbocycles. The molecular weight excluding hydrogens is 283 g/mol. The first-order valence-electron chi connectivity index (χ1n) is 6.03. The van der Waals surface area contributed by atoms with Crippen molar-refractivity contribution in [3.8, 4) is 5.75 Å². The molecule has 1 heterocycles. The van der Waals surface area contributed by atoms with Gasteiger partial charge in [0.15, 0.2) is 0 Å². The second-order valence-corrected chi connectivity index (χ2v) is 5.46. The summed E-state index contributed by atoms with van der Waals surface area (Å²) < 4.78 is 5.92. The van der Waals surface area contributed by atoms with Crippen LogP contribution >= 0.6 is 23.2 Å². The van der Waals surface area contributed by atoms with Crippen molar-refractivity contribution in [2.45, 2.75) is 18.6 Å². The van der Waals surface area contributed by atoms with Gasteiger partial charge in [0.05, 0.1) is 6.10 Å². The number of hydrogen-bond donors (Lipinski definition) is 1. The maximum atomic E-state index is 10.2. The van der Waals surface area contributed by atoms with E-state index in [2.05, 4.69) is 0 Å². The van der Waals surface area contributed by atoms with Gasteiger partial charge in [-0.25, -0.2) is 0 Å². The van der Waals surface area contributed by atoms with E-state index < -0.39 is 6.10 Å². The minimum absolute atomic E-state index is 0.166. The zero-order valence-corrected chi connectivity index (χ0v) is 11.5. The van der Waals surface area contributed by atoms with E-state index in [0.717, 1.165) is 11.1 Å². The fourth-order valence-electron chi connectivity index (χ4n) is 2.30. The molecule has 0 fully saturated rings. The van der Waals surface area contributed by atoms with E-state index in [4.69, 9.17) is 27.9 Å². The molecule has 0 aromatic heterocycles. The Hall–Kier alpha value is -1.22. The predicted octanol–water partition coefficient (Wildman–Crippen LogP) is 4.55. The molecule has 0 radical (unpaired) electrons. The number of ether oxygens (including phenoxy) is 1. The van der Waals surface area contributed by atoms with Gasteiger partial charge in [-0.15, -0.1) is 0 Å². The van der Waals surface area contributed by atoms with Crippen LogP contribution in [0.3, 0.4) is 0 Å². The van der Waals surface area contributed by atoms with E-state index in [1.807, 2.05) is 24.3 Å². The predicted molar refractivity (Wildman–Crippen MR) is 75.8 cm³/mol. The van der Waals surface area contributed by atoms with Crippen molar-refractivity contribution >= 4 is 23.2 Å². The van der Waals surface area contributed by atoms with Crippen molar-refractivity contribution in [1.29, 1.82) is 0 Å². The molecule has 0 saturated carbocycles. The van der Waals surface area contributed by atoms with E-state index in [-0.39, 0.29) is 6.10 Å². The second kappa shape index (κ2) is 5.04. The summed E-state index contributed by atoms with van der Waals surface area (Å²) in [7, 11) is 0. The fourth-order valence-corrected chi connectivity index (χ4v) is 2.61. The molecule has 1 N–H and O–H groups in total. The van der Waals surface area contributed by atoms with Crippen molar-refractivity contribution in [2.24, 2.45) is 0 Å². The van der Waals surface area contributed by atoms with Gasteiger partial charge in [0.25, 0.3) is 0 Å². The Bertz CT molecular complexity index is 596. The first kappa shape index (κ1) is 12.8. The normalized spacial score (nSPS) is 21.6. The molecule has 2 nitrogen and oxygen atoms in total. The summed E-state index contributed by atoms with van der Waals surface area (Å²) >= 11 is 11.8. The Labute approximate surface area is 121 Å². The smallest absolute Gasteiger partial charge is 0.127 e. The van der Waals surface area contributed by atoms with Gasteiger partial charge in [-0.2, -0.15) is 0 Å². The van der Waals surface area contributed by atoms with Crippen molar-refractivity contribution in [1.82, 2.24) is 0 Å². The minimum atomic E-state index is -0.567. The molecule has 19 heavy (non-hydrogen) atoms. The largest absolute Gasteiger partial charge is 0.485 e. The molecule has 2 aromatic carbocycles. The zero-order valence-electron chi connectivity index (χ0n) is 10.0. The molecule has 98 valence electrons. The van der Waals surface area contributed by atoms with Crippen LogP contribution in [-0.2, 0) is 0 Å². The molecule has 0 saturated heterocycles. The SMILES string of the molecule is O[C@H]1C[C@H](c2ccc(Cl)cc2)Oc2ccc(Cl)cc21. The third-order valence-electron chi connectivity index (χ3n) is 3.28. The summed E-state index contributed by atoms with van der Waals surface area (Å²) in [4.78, 5) is 0.